The Morgan fingerprint density at radius 2 is 2.05 bits per heavy atom. The maximum atomic E-state index is 12.5. The van der Waals surface area contributed by atoms with E-state index in [-0.39, 0.29) is 18.1 Å². The molecular formula is C14H13F2NO3. The third kappa shape index (κ3) is 3.20. The molecule has 0 aliphatic rings. The fourth-order valence-corrected chi connectivity index (χ4v) is 1.66. The highest BCUT2D eigenvalue weighted by Crippen LogP contribution is 2.23. The van der Waals surface area contributed by atoms with Gasteiger partial charge in [-0.15, -0.1) is 0 Å². The molecule has 0 fully saturated rings. The summed E-state index contributed by atoms with van der Waals surface area (Å²) >= 11 is 0. The van der Waals surface area contributed by atoms with Gasteiger partial charge in [-0.25, -0.2) is 13.8 Å². The number of hydrogen-bond acceptors (Lipinski definition) is 4. The normalized spacial score (nSPS) is 10.8. The second-order valence-electron chi connectivity index (χ2n) is 4.05. The summed E-state index contributed by atoms with van der Waals surface area (Å²) in [6.07, 6.45) is -1.33. The number of halogens is 2. The molecule has 0 aliphatic carbocycles. The van der Waals surface area contributed by atoms with Crippen molar-refractivity contribution in [1.29, 1.82) is 0 Å². The lowest BCUT2D eigenvalue weighted by atomic mass is 10.1. The predicted molar refractivity (Wildman–Crippen MR) is 66.9 cm³/mol. The van der Waals surface area contributed by atoms with Crippen molar-refractivity contribution in [3.8, 4) is 5.75 Å². The third-order valence-corrected chi connectivity index (χ3v) is 2.74. The number of carbonyl (C=O) groups excluding carboxylic acids is 1. The molecule has 1 heterocycles. The van der Waals surface area contributed by atoms with Gasteiger partial charge in [-0.2, -0.15) is 0 Å². The Morgan fingerprint density at radius 1 is 1.35 bits per heavy atom. The molecule has 2 aromatic rings. The standard InChI is InChI=1S/C14H13F2NO3/c1-2-12(18)9-3-5-10(6-4-9)19-7-11-13(14(15)16)20-8-17-11/h3-6,8,14H,2,7H2,1H3. The van der Waals surface area contributed by atoms with Crippen molar-refractivity contribution in [1.82, 2.24) is 4.98 Å². The molecule has 0 saturated heterocycles. The summed E-state index contributed by atoms with van der Waals surface area (Å²) in [5.74, 6) is 0.0247. The second kappa shape index (κ2) is 6.27. The number of rotatable bonds is 6. The van der Waals surface area contributed by atoms with Crippen LogP contribution in [0.15, 0.2) is 35.1 Å². The largest absolute Gasteiger partial charge is 0.487 e. The molecule has 20 heavy (non-hydrogen) atoms. The molecule has 4 nitrogen and oxygen atoms in total. The highest BCUT2D eigenvalue weighted by molar-refractivity contribution is 5.95. The number of hydrogen-bond donors (Lipinski definition) is 0. The van der Waals surface area contributed by atoms with E-state index in [1.54, 1.807) is 31.2 Å². The minimum atomic E-state index is -2.72. The van der Waals surface area contributed by atoms with Gasteiger partial charge >= 0.3 is 0 Å². The van der Waals surface area contributed by atoms with E-state index in [1.165, 1.54) is 0 Å². The van der Waals surface area contributed by atoms with Crippen LogP contribution in [-0.2, 0) is 6.61 Å². The van der Waals surface area contributed by atoms with Gasteiger partial charge in [0.05, 0.1) is 0 Å². The quantitative estimate of drug-likeness (QED) is 0.756. The molecule has 0 unspecified atom stereocenters. The number of oxazole rings is 1. The highest BCUT2D eigenvalue weighted by atomic mass is 19.3. The van der Waals surface area contributed by atoms with Crippen LogP contribution < -0.4 is 4.74 Å². The van der Waals surface area contributed by atoms with Gasteiger partial charge < -0.3 is 9.15 Å². The predicted octanol–water partition coefficient (Wildman–Crippen LogP) is 3.78. The van der Waals surface area contributed by atoms with Crippen LogP contribution in [0.1, 0.15) is 41.6 Å². The lowest BCUT2D eigenvalue weighted by Gasteiger charge is -2.06. The van der Waals surface area contributed by atoms with Crippen molar-refractivity contribution in [2.24, 2.45) is 0 Å². The molecule has 0 atom stereocenters. The number of nitrogens with zero attached hydrogens (tertiary/aromatic N) is 1. The van der Waals surface area contributed by atoms with Crippen LogP contribution in [0.5, 0.6) is 5.75 Å². The van der Waals surface area contributed by atoms with E-state index < -0.39 is 12.2 Å². The summed E-state index contributed by atoms with van der Waals surface area (Å²) in [4.78, 5) is 15.1. The molecule has 2 rings (SSSR count). The van der Waals surface area contributed by atoms with Crippen LogP contribution in [-0.4, -0.2) is 10.8 Å². The van der Waals surface area contributed by atoms with Crippen molar-refractivity contribution >= 4 is 5.78 Å². The fraction of sp³-hybridized carbons (Fsp3) is 0.286. The maximum Gasteiger partial charge on any atom is 0.297 e. The topological polar surface area (TPSA) is 52.3 Å². The first kappa shape index (κ1) is 14.2. The summed E-state index contributed by atoms with van der Waals surface area (Å²) in [6.45, 7) is 1.67. The number of carbonyl (C=O) groups is 1. The summed E-state index contributed by atoms with van der Waals surface area (Å²) in [7, 11) is 0. The number of alkyl halides is 2. The Kier molecular flexibility index (Phi) is 4.45. The molecule has 0 saturated carbocycles. The van der Waals surface area contributed by atoms with Crippen molar-refractivity contribution < 1.29 is 22.7 Å². The van der Waals surface area contributed by atoms with Crippen molar-refractivity contribution in [3.63, 3.8) is 0 Å². The van der Waals surface area contributed by atoms with Crippen LogP contribution in [0, 0.1) is 0 Å². The minimum absolute atomic E-state index is 0.0352. The Balaban J connectivity index is 2.00. The van der Waals surface area contributed by atoms with E-state index in [0.29, 0.717) is 17.7 Å². The maximum absolute atomic E-state index is 12.5. The van der Waals surface area contributed by atoms with Gasteiger partial charge in [-0.05, 0) is 24.3 Å². The lowest BCUT2D eigenvalue weighted by Crippen LogP contribution is -2.00. The molecule has 0 amide bonds. The average molecular weight is 281 g/mol. The zero-order chi connectivity index (χ0) is 14.5. The van der Waals surface area contributed by atoms with Crippen LogP contribution in [0.2, 0.25) is 0 Å². The van der Waals surface area contributed by atoms with Gasteiger partial charge in [0.1, 0.15) is 18.1 Å². The number of ether oxygens (including phenoxy) is 1. The van der Waals surface area contributed by atoms with Gasteiger partial charge in [0.15, 0.2) is 17.9 Å². The van der Waals surface area contributed by atoms with Crippen molar-refractivity contribution in [2.45, 2.75) is 26.4 Å². The highest BCUT2D eigenvalue weighted by Gasteiger charge is 2.18. The van der Waals surface area contributed by atoms with Crippen LogP contribution in [0.25, 0.3) is 0 Å². The Morgan fingerprint density at radius 3 is 2.65 bits per heavy atom. The number of aromatic nitrogens is 1. The molecule has 0 aliphatic heterocycles. The smallest absolute Gasteiger partial charge is 0.297 e. The lowest BCUT2D eigenvalue weighted by molar-refractivity contribution is 0.0988. The fourth-order valence-electron chi connectivity index (χ4n) is 1.66. The van der Waals surface area contributed by atoms with E-state index in [4.69, 9.17) is 4.74 Å². The first-order valence-corrected chi connectivity index (χ1v) is 6.08. The number of ketones is 1. The van der Waals surface area contributed by atoms with Crippen LogP contribution in [0.4, 0.5) is 8.78 Å². The second-order valence-corrected chi connectivity index (χ2v) is 4.05. The molecule has 6 heteroatoms. The molecular weight excluding hydrogens is 268 g/mol. The summed E-state index contributed by atoms with van der Waals surface area (Å²) in [5, 5.41) is 0. The van der Waals surface area contributed by atoms with E-state index in [1.807, 2.05) is 0 Å². The Bertz CT molecular complexity index is 578. The zero-order valence-electron chi connectivity index (χ0n) is 10.8. The molecule has 1 aromatic heterocycles. The minimum Gasteiger partial charge on any atom is -0.487 e. The van der Waals surface area contributed by atoms with E-state index in [0.717, 1.165) is 6.39 Å². The van der Waals surface area contributed by atoms with Crippen LogP contribution >= 0.6 is 0 Å². The molecule has 0 spiro atoms. The average Bonchev–Trinajstić information content (AvgIpc) is 2.93. The summed E-state index contributed by atoms with van der Waals surface area (Å²) in [5.41, 5.74) is 0.656. The molecule has 0 radical (unpaired) electrons. The monoisotopic (exact) mass is 281 g/mol. The van der Waals surface area contributed by atoms with Crippen LogP contribution in [0.3, 0.4) is 0 Å². The summed E-state index contributed by atoms with van der Waals surface area (Å²) < 4.78 is 35.0. The summed E-state index contributed by atoms with van der Waals surface area (Å²) in [6, 6.07) is 6.51. The number of benzene rings is 1. The molecule has 1 aromatic carbocycles. The van der Waals surface area contributed by atoms with E-state index in [9.17, 15) is 13.6 Å². The first-order valence-electron chi connectivity index (χ1n) is 6.08. The SMILES string of the molecule is CCC(=O)c1ccc(OCc2ncoc2C(F)F)cc1. The molecule has 0 bridgehead atoms. The Hall–Kier alpha value is -2.24. The van der Waals surface area contributed by atoms with Gasteiger partial charge in [0, 0.05) is 12.0 Å². The van der Waals surface area contributed by atoms with Gasteiger partial charge in [-0.1, -0.05) is 6.92 Å². The molecule has 0 N–H and O–H groups in total. The molecule has 106 valence electrons. The third-order valence-electron chi connectivity index (χ3n) is 2.74. The van der Waals surface area contributed by atoms with Gasteiger partial charge in [-0.3, -0.25) is 4.79 Å². The van der Waals surface area contributed by atoms with Crippen molar-refractivity contribution in [2.75, 3.05) is 0 Å². The Labute approximate surface area is 114 Å². The van der Waals surface area contributed by atoms with E-state index in [2.05, 4.69) is 9.40 Å². The van der Waals surface area contributed by atoms with Crippen molar-refractivity contribution in [3.05, 3.63) is 47.7 Å². The zero-order valence-corrected chi connectivity index (χ0v) is 10.8. The van der Waals surface area contributed by atoms with Gasteiger partial charge in [0.25, 0.3) is 6.43 Å². The van der Waals surface area contributed by atoms with E-state index >= 15 is 0 Å². The van der Waals surface area contributed by atoms with Gasteiger partial charge in [0.2, 0.25) is 0 Å². The first-order chi connectivity index (χ1) is 9.61. The number of Topliss-reactive ketones (excluding diaryl/α,β-unsaturated/α-hetero) is 1.